The van der Waals surface area contributed by atoms with Crippen molar-refractivity contribution in [3.8, 4) is 0 Å². The van der Waals surface area contributed by atoms with Crippen molar-refractivity contribution in [1.82, 2.24) is 24.8 Å². The Kier molecular flexibility index (Phi) is 6.35. The summed E-state index contributed by atoms with van der Waals surface area (Å²) in [6.07, 6.45) is 0. The highest BCUT2D eigenvalue weighted by atomic mass is 35.5. The number of β-amino-alcohol motifs (C(OH)–C–C–N with tert-alkyl or cyclic N) is 1. The Labute approximate surface area is 186 Å². The van der Waals surface area contributed by atoms with E-state index in [2.05, 4.69) is 36.1 Å². The second-order valence-corrected chi connectivity index (χ2v) is 8.10. The Morgan fingerprint density at radius 3 is 2.65 bits per heavy atom. The second-order valence-electron chi connectivity index (χ2n) is 7.70. The number of hydrogen-bond donors (Lipinski definition) is 3. The first kappa shape index (κ1) is 21.5. The van der Waals surface area contributed by atoms with Crippen molar-refractivity contribution in [2.24, 2.45) is 0 Å². The van der Waals surface area contributed by atoms with Crippen molar-refractivity contribution < 1.29 is 5.11 Å². The van der Waals surface area contributed by atoms with Gasteiger partial charge < -0.3 is 21.1 Å². The fourth-order valence-electron chi connectivity index (χ4n) is 3.90. The first-order valence-electron chi connectivity index (χ1n) is 10.4. The number of pyridine rings is 1. The molecule has 3 aromatic rings. The van der Waals surface area contributed by atoms with Crippen molar-refractivity contribution in [3.05, 3.63) is 40.7 Å². The third-order valence-corrected chi connectivity index (χ3v) is 5.77. The largest absolute Gasteiger partial charge is 0.395 e. The number of hydrogen-bond acceptors (Lipinski definition) is 9. The minimum absolute atomic E-state index is 0.123. The molecule has 0 saturated carbocycles. The Morgan fingerprint density at radius 1 is 1.16 bits per heavy atom. The van der Waals surface area contributed by atoms with Gasteiger partial charge in [-0.1, -0.05) is 23.7 Å². The predicted octanol–water partition coefficient (Wildman–Crippen LogP) is 2.25. The summed E-state index contributed by atoms with van der Waals surface area (Å²) in [6, 6.07) is 7.80. The number of fused-ring (bicyclic) bond motifs is 1. The smallest absolute Gasteiger partial charge is 0.228 e. The van der Waals surface area contributed by atoms with E-state index in [1.54, 1.807) is 6.92 Å². The summed E-state index contributed by atoms with van der Waals surface area (Å²) in [6.45, 7) is 8.07. The van der Waals surface area contributed by atoms with Gasteiger partial charge in [-0.25, -0.2) is 4.98 Å². The molecule has 2 aromatic heterocycles. The van der Waals surface area contributed by atoms with Gasteiger partial charge in [0.15, 0.2) is 0 Å². The van der Waals surface area contributed by atoms with E-state index in [0.29, 0.717) is 23.3 Å². The van der Waals surface area contributed by atoms with Crippen LogP contribution in [0.3, 0.4) is 0 Å². The number of aliphatic hydroxyl groups excluding tert-OH is 1. The van der Waals surface area contributed by atoms with Gasteiger partial charge in [-0.05, 0) is 26.0 Å². The molecule has 1 aromatic carbocycles. The Balaban J connectivity index is 1.69. The molecule has 9 nitrogen and oxygen atoms in total. The molecule has 1 saturated heterocycles. The Bertz CT molecular complexity index is 1050. The maximum atomic E-state index is 9.23. The van der Waals surface area contributed by atoms with Crippen LogP contribution >= 0.6 is 11.6 Å². The lowest BCUT2D eigenvalue weighted by atomic mass is 10.0. The van der Waals surface area contributed by atoms with Gasteiger partial charge in [0.05, 0.1) is 23.2 Å². The zero-order chi connectivity index (χ0) is 22.0. The summed E-state index contributed by atoms with van der Waals surface area (Å²) in [7, 11) is 0. The van der Waals surface area contributed by atoms with Crippen molar-refractivity contribution in [2.45, 2.75) is 19.9 Å². The Morgan fingerprint density at radius 2 is 1.94 bits per heavy atom. The topological polar surface area (TPSA) is 116 Å². The van der Waals surface area contributed by atoms with Gasteiger partial charge in [0.25, 0.3) is 0 Å². The number of anilines is 3. The van der Waals surface area contributed by atoms with E-state index in [4.69, 9.17) is 22.3 Å². The molecule has 0 radical (unpaired) electrons. The maximum Gasteiger partial charge on any atom is 0.228 e. The van der Waals surface area contributed by atoms with E-state index in [0.717, 1.165) is 48.5 Å². The number of piperazine rings is 1. The summed E-state index contributed by atoms with van der Waals surface area (Å²) < 4.78 is 0. The number of nitrogens with one attached hydrogen (secondary N) is 1. The highest BCUT2D eigenvalue weighted by Crippen LogP contribution is 2.33. The van der Waals surface area contributed by atoms with Crippen LogP contribution in [0.1, 0.15) is 24.4 Å². The molecule has 31 heavy (non-hydrogen) atoms. The number of nitrogen functional groups attached to an aromatic ring is 1. The SMILES string of the molecule is Cc1nc(N)nc(N[C@@H](C)c2cc3cccc(Cl)c3nc2N2CCN(CCO)CC2)n1. The van der Waals surface area contributed by atoms with Gasteiger partial charge in [0.1, 0.15) is 11.6 Å². The van der Waals surface area contributed by atoms with Gasteiger partial charge in [0, 0.05) is 43.7 Å². The lowest BCUT2D eigenvalue weighted by molar-refractivity contribution is 0.188. The molecule has 0 spiro atoms. The number of rotatable bonds is 6. The third kappa shape index (κ3) is 4.79. The van der Waals surface area contributed by atoms with E-state index in [1.165, 1.54) is 0 Å². The Hall–Kier alpha value is -2.75. The average molecular weight is 443 g/mol. The molecule has 1 fully saturated rings. The van der Waals surface area contributed by atoms with Crippen molar-refractivity contribution in [3.63, 3.8) is 0 Å². The van der Waals surface area contributed by atoms with Gasteiger partial charge in [-0.3, -0.25) is 4.90 Å². The van der Waals surface area contributed by atoms with Crippen LogP contribution in [0, 0.1) is 6.92 Å². The molecule has 10 heteroatoms. The van der Waals surface area contributed by atoms with Crippen LogP contribution in [0.4, 0.5) is 17.7 Å². The number of para-hydroxylation sites is 1. The van der Waals surface area contributed by atoms with Crippen molar-refractivity contribution in [2.75, 3.05) is 55.3 Å². The van der Waals surface area contributed by atoms with E-state index < -0.39 is 0 Å². The van der Waals surface area contributed by atoms with Crippen LogP contribution in [0.2, 0.25) is 5.02 Å². The van der Waals surface area contributed by atoms with Crippen LogP contribution in [0.5, 0.6) is 0 Å². The molecule has 1 atom stereocenters. The van der Waals surface area contributed by atoms with Crippen molar-refractivity contribution in [1.29, 1.82) is 0 Å². The summed E-state index contributed by atoms with van der Waals surface area (Å²) >= 11 is 6.46. The highest BCUT2D eigenvalue weighted by Gasteiger charge is 2.24. The molecule has 164 valence electrons. The maximum absolute atomic E-state index is 9.23. The normalized spacial score (nSPS) is 15.9. The van der Waals surface area contributed by atoms with E-state index in [-0.39, 0.29) is 18.6 Å². The minimum Gasteiger partial charge on any atom is -0.395 e. The van der Waals surface area contributed by atoms with Crippen LogP contribution in [-0.4, -0.2) is 69.3 Å². The molecule has 4 rings (SSSR count). The molecule has 0 bridgehead atoms. The van der Waals surface area contributed by atoms with Gasteiger partial charge in [-0.15, -0.1) is 0 Å². The minimum atomic E-state index is -0.123. The molecule has 0 aliphatic carbocycles. The summed E-state index contributed by atoms with van der Waals surface area (Å²) in [5.74, 6) is 2.07. The molecular formula is C21H27ClN8O. The fraction of sp³-hybridized carbons (Fsp3) is 0.429. The molecular weight excluding hydrogens is 416 g/mol. The van der Waals surface area contributed by atoms with Crippen LogP contribution in [0.15, 0.2) is 24.3 Å². The van der Waals surface area contributed by atoms with Crippen molar-refractivity contribution >= 4 is 40.2 Å². The van der Waals surface area contributed by atoms with E-state index in [1.807, 2.05) is 25.1 Å². The zero-order valence-corrected chi connectivity index (χ0v) is 18.5. The fourth-order valence-corrected chi connectivity index (χ4v) is 4.13. The monoisotopic (exact) mass is 442 g/mol. The first-order chi connectivity index (χ1) is 14.9. The summed E-state index contributed by atoms with van der Waals surface area (Å²) in [4.78, 5) is 22.1. The average Bonchev–Trinajstić information content (AvgIpc) is 2.73. The lowest BCUT2D eigenvalue weighted by Crippen LogP contribution is -2.47. The zero-order valence-electron chi connectivity index (χ0n) is 17.7. The molecule has 4 N–H and O–H groups in total. The number of nitrogens with zero attached hydrogens (tertiary/aromatic N) is 6. The van der Waals surface area contributed by atoms with Gasteiger partial charge in [0.2, 0.25) is 11.9 Å². The first-order valence-corrected chi connectivity index (χ1v) is 10.7. The molecule has 0 unspecified atom stereocenters. The summed E-state index contributed by atoms with van der Waals surface area (Å²) in [5.41, 5.74) is 7.60. The number of aliphatic hydroxyl groups is 1. The van der Waals surface area contributed by atoms with Crippen LogP contribution in [0.25, 0.3) is 10.9 Å². The van der Waals surface area contributed by atoms with Crippen LogP contribution < -0.4 is 16.0 Å². The third-order valence-electron chi connectivity index (χ3n) is 5.47. The second kappa shape index (κ2) is 9.17. The quantitative estimate of drug-likeness (QED) is 0.528. The van der Waals surface area contributed by atoms with E-state index in [9.17, 15) is 5.11 Å². The van der Waals surface area contributed by atoms with Crippen LogP contribution in [-0.2, 0) is 0 Å². The molecule has 1 aliphatic heterocycles. The number of aryl methyl sites for hydroxylation is 1. The van der Waals surface area contributed by atoms with E-state index >= 15 is 0 Å². The lowest BCUT2D eigenvalue weighted by Gasteiger charge is -2.36. The number of halogens is 1. The summed E-state index contributed by atoms with van der Waals surface area (Å²) in [5, 5.41) is 14.2. The predicted molar refractivity (Wildman–Crippen MR) is 124 cm³/mol. The van der Waals surface area contributed by atoms with Gasteiger partial charge >= 0.3 is 0 Å². The van der Waals surface area contributed by atoms with Gasteiger partial charge in [-0.2, -0.15) is 15.0 Å². The standard InChI is InChI=1S/C21H27ClN8O/c1-13(24-21-26-14(2)25-20(23)28-21)16-12-15-4-3-5-17(22)18(15)27-19(16)30-8-6-29(7-9-30)10-11-31/h3-5,12-13,31H,6-11H2,1-2H3,(H3,23,24,25,26,28)/t13-/m0/s1. The molecule has 1 aliphatic rings. The number of nitrogens with two attached hydrogens (primary N) is 1. The highest BCUT2D eigenvalue weighted by molar-refractivity contribution is 6.35. The molecule has 0 amide bonds. The number of benzene rings is 1. The molecule has 3 heterocycles. The number of aromatic nitrogens is 4.